The Morgan fingerprint density at radius 3 is 2.70 bits per heavy atom. The van der Waals surface area contributed by atoms with Gasteiger partial charge in [-0.1, -0.05) is 22.9 Å². The highest BCUT2D eigenvalue weighted by Gasteiger charge is 2.18. The second kappa shape index (κ2) is 7.29. The van der Waals surface area contributed by atoms with E-state index in [-0.39, 0.29) is 11.9 Å². The number of hydrogen-bond donors (Lipinski definition) is 1. The summed E-state index contributed by atoms with van der Waals surface area (Å²) in [5.41, 5.74) is 1.55. The van der Waals surface area contributed by atoms with Crippen LogP contribution in [-0.4, -0.2) is 11.5 Å². The summed E-state index contributed by atoms with van der Waals surface area (Å²) in [4.78, 5) is 4.17. The Morgan fingerprint density at radius 1 is 1.20 bits per heavy atom. The molecule has 0 amide bonds. The van der Waals surface area contributed by atoms with Crippen LogP contribution in [0.25, 0.3) is 0 Å². The number of halogens is 3. The molecule has 5 heteroatoms. The second-order valence-corrected chi connectivity index (χ2v) is 6.32. The fourth-order valence-corrected chi connectivity index (χ4v) is 2.78. The SMILES string of the molecule is CCCNC(c1cncc(Br)c1)c1cc(Br)ccc1F. The van der Waals surface area contributed by atoms with Crippen LogP contribution in [0.15, 0.2) is 45.6 Å². The zero-order valence-electron chi connectivity index (χ0n) is 11.0. The third-order valence-corrected chi connectivity index (χ3v) is 3.85. The van der Waals surface area contributed by atoms with E-state index < -0.39 is 0 Å². The minimum atomic E-state index is -0.221. The molecule has 2 nitrogen and oxygen atoms in total. The quantitative estimate of drug-likeness (QED) is 0.775. The smallest absolute Gasteiger partial charge is 0.128 e. The van der Waals surface area contributed by atoms with Gasteiger partial charge in [0.2, 0.25) is 0 Å². The Balaban J connectivity index is 2.44. The van der Waals surface area contributed by atoms with Crippen LogP contribution in [0.3, 0.4) is 0 Å². The van der Waals surface area contributed by atoms with E-state index >= 15 is 0 Å². The first-order chi connectivity index (χ1) is 9.61. The number of rotatable bonds is 5. The molecule has 1 atom stereocenters. The number of pyridine rings is 1. The Kier molecular flexibility index (Phi) is 5.69. The Morgan fingerprint density at radius 2 is 2.00 bits per heavy atom. The van der Waals surface area contributed by atoms with Crippen LogP contribution in [0.1, 0.15) is 30.5 Å². The lowest BCUT2D eigenvalue weighted by atomic mass is 9.99. The molecule has 2 rings (SSSR count). The van der Waals surface area contributed by atoms with Crippen LogP contribution in [0, 0.1) is 5.82 Å². The van der Waals surface area contributed by atoms with Gasteiger partial charge >= 0.3 is 0 Å². The summed E-state index contributed by atoms with van der Waals surface area (Å²) in [7, 11) is 0. The van der Waals surface area contributed by atoms with E-state index in [0.717, 1.165) is 27.5 Å². The van der Waals surface area contributed by atoms with Gasteiger partial charge < -0.3 is 5.32 Å². The molecule has 1 aromatic carbocycles. The minimum Gasteiger partial charge on any atom is -0.306 e. The van der Waals surface area contributed by atoms with Crippen LogP contribution in [0.2, 0.25) is 0 Å². The number of benzene rings is 1. The number of aromatic nitrogens is 1. The average molecular weight is 402 g/mol. The monoisotopic (exact) mass is 400 g/mol. The number of hydrogen-bond acceptors (Lipinski definition) is 2. The molecule has 2 aromatic rings. The molecule has 0 radical (unpaired) electrons. The molecule has 0 aliphatic carbocycles. The van der Waals surface area contributed by atoms with Gasteiger partial charge in [0, 0.05) is 26.9 Å². The van der Waals surface area contributed by atoms with E-state index in [1.807, 2.05) is 12.1 Å². The predicted octanol–water partition coefficient (Wildman–Crippen LogP) is 4.83. The van der Waals surface area contributed by atoms with Crippen LogP contribution in [-0.2, 0) is 0 Å². The number of nitrogens with zero attached hydrogens (tertiary/aromatic N) is 1. The van der Waals surface area contributed by atoms with Crippen molar-refractivity contribution in [1.29, 1.82) is 0 Å². The molecule has 1 unspecified atom stereocenters. The Bertz CT molecular complexity index is 590. The minimum absolute atomic E-state index is 0.211. The van der Waals surface area contributed by atoms with E-state index in [4.69, 9.17) is 0 Å². The zero-order chi connectivity index (χ0) is 14.5. The summed E-state index contributed by atoms with van der Waals surface area (Å²) < 4.78 is 15.9. The molecule has 1 heterocycles. The standard InChI is InChI=1S/C15H15Br2FN2/c1-2-5-20-15(10-6-12(17)9-19-8-10)13-7-11(16)3-4-14(13)18/h3-4,6-9,15,20H,2,5H2,1H3. The molecule has 0 bridgehead atoms. The van der Waals surface area contributed by atoms with E-state index in [1.165, 1.54) is 6.07 Å². The fraction of sp³-hybridized carbons (Fsp3) is 0.267. The molecule has 0 spiro atoms. The van der Waals surface area contributed by atoms with Gasteiger partial charge in [-0.3, -0.25) is 4.98 Å². The summed E-state index contributed by atoms with van der Waals surface area (Å²) in [6, 6.07) is 6.74. The summed E-state index contributed by atoms with van der Waals surface area (Å²) in [6.45, 7) is 2.89. The normalized spacial score (nSPS) is 12.4. The van der Waals surface area contributed by atoms with Crippen LogP contribution in [0.5, 0.6) is 0 Å². The van der Waals surface area contributed by atoms with Crippen molar-refractivity contribution >= 4 is 31.9 Å². The maximum atomic E-state index is 14.1. The third kappa shape index (κ3) is 3.87. The van der Waals surface area contributed by atoms with Crippen molar-refractivity contribution in [2.24, 2.45) is 0 Å². The van der Waals surface area contributed by atoms with Crippen LogP contribution in [0.4, 0.5) is 4.39 Å². The molecule has 1 N–H and O–H groups in total. The highest BCUT2D eigenvalue weighted by Crippen LogP contribution is 2.28. The molecule has 0 saturated carbocycles. The first-order valence-electron chi connectivity index (χ1n) is 6.40. The second-order valence-electron chi connectivity index (χ2n) is 4.49. The maximum absolute atomic E-state index is 14.1. The Hall–Kier alpha value is -0.780. The average Bonchev–Trinajstić information content (AvgIpc) is 2.43. The predicted molar refractivity (Wildman–Crippen MR) is 86.2 cm³/mol. The van der Waals surface area contributed by atoms with Crippen molar-refractivity contribution in [3.05, 3.63) is 62.5 Å². The zero-order valence-corrected chi connectivity index (χ0v) is 14.2. The summed E-state index contributed by atoms with van der Waals surface area (Å²) in [5.74, 6) is -0.221. The first kappa shape index (κ1) is 15.6. The van der Waals surface area contributed by atoms with Gasteiger partial charge in [0.05, 0.1) is 6.04 Å². The van der Waals surface area contributed by atoms with E-state index in [9.17, 15) is 4.39 Å². The third-order valence-electron chi connectivity index (χ3n) is 2.93. The van der Waals surface area contributed by atoms with Crippen molar-refractivity contribution in [3.63, 3.8) is 0 Å². The molecule has 0 saturated heterocycles. The summed E-state index contributed by atoms with van der Waals surface area (Å²) >= 11 is 6.81. The molecule has 0 aliphatic rings. The molecule has 0 aliphatic heterocycles. The molecule has 106 valence electrons. The van der Waals surface area contributed by atoms with Crippen molar-refractivity contribution in [1.82, 2.24) is 10.3 Å². The van der Waals surface area contributed by atoms with Gasteiger partial charge in [0.15, 0.2) is 0 Å². The topological polar surface area (TPSA) is 24.9 Å². The van der Waals surface area contributed by atoms with Gasteiger partial charge in [-0.05, 0) is 58.7 Å². The lowest BCUT2D eigenvalue weighted by Gasteiger charge is -2.20. The van der Waals surface area contributed by atoms with Gasteiger partial charge in [-0.2, -0.15) is 0 Å². The lowest BCUT2D eigenvalue weighted by Crippen LogP contribution is -2.24. The van der Waals surface area contributed by atoms with Gasteiger partial charge in [-0.25, -0.2) is 4.39 Å². The fourth-order valence-electron chi connectivity index (χ4n) is 2.02. The van der Waals surface area contributed by atoms with Crippen molar-refractivity contribution in [3.8, 4) is 0 Å². The van der Waals surface area contributed by atoms with Gasteiger partial charge in [-0.15, -0.1) is 0 Å². The van der Waals surface area contributed by atoms with Crippen molar-refractivity contribution < 1.29 is 4.39 Å². The summed E-state index contributed by atoms with van der Waals surface area (Å²) in [6.07, 6.45) is 4.46. The van der Waals surface area contributed by atoms with Crippen LogP contribution < -0.4 is 5.32 Å². The van der Waals surface area contributed by atoms with Gasteiger partial charge in [0.25, 0.3) is 0 Å². The van der Waals surface area contributed by atoms with Gasteiger partial charge in [0.1, 0.15) is 5.82 Å². The van der Waals surface area contributed by atoms with Crippen LogP contribution >= 0.6 is 31.9 Å². The molecule has 1 aromatic heterocycles. The number of nitrogens with one attached hydrogen (secondary N) is 1. The van der Waals surface area contributed by atoms with E-state index in [0.29, 0.717) is 5.56 Å². The molecular formula is C15H15Br2FN2. The van der Waals surface area contributed by atoms with E-state index in [1.54, 1.807) is 18.5 Å². The Labute approximate surface area is 135 Å². The van der Waals surface area contributed by atoms with Crippen molar-refractivity contribution in [2.75, 3.05) is 6.54 Å². The maximum Gasteiger partial charge on any atom is 0.128 e. The molecule has 20 heavy (non-hydrogen) atoms. The lowest BCUT2D eigenvalue weighted by molar-refractivity contribution is 0.545. The largest absolute Gasteiger partial charge is 0.306 e. The highest BCUT2D eigenvalue weighted by atomic mass is 79.9. The van der Waals surface area contributed by atoms with Crippen molar-refractivity contribution in [2.45, 2.75) is 19.4 Å². The molecular weight excluding hydrogens is 387 g/mol. The molecule has 0 fully saturated rings. The highest BCUT2D eigenvalue weighted by molar-refractivity contribution is 9.10. The summed E-state index contributed by atoms with van der Waals surface area (Å²) in [5, 5.41) is 3.38. The van der Waals surface area contributed by atoms with E-state index in [2.05, 4.69) is 49.1 Å². The first-order valence-corrected chi connectivity index (χ1v) is 7.99.